The van der Waals surface area contributed by atoms with Crippen molar-refractivity contribution in [1.82, 2.24) is 0 Å². The molecule has 1 saturated heterocycles. The van der Waals surface area contributed by atoms with E-state index in [1.54, 1.807) is 11.0 Å². The molecule has 0 radical (unpaired) electrons. The molecule has 0 atom stereocenters. The van der Waals surface area contributed by atoms with Gasteiger partial charge in [0.1, 0.15) is 5.54 Å². The summed E-state index contributed by atoms with van der Waals surface area (Å²) in [4.78, 5) is 27.7. The monoisotopic (exact) mass is 531 g/mol. The molecular weight excluding hydrogens is 503 g/mol. The van der Waals surface area contributed by atoms with Gasteiger partial charge >= 0.3 is 12.1 Å². The lowest BCUT2D eigenvalue weighted by molar-refractivity contribution is -0.140. The van der Waals surface area contributed by atoms with Crippen LogP contribution in [0.2, 0.25) is 0 Å². The predicted octanol–water partition coefficient (Wildman–Crippen LogP) is 6.16. The number of aryl methyl sites for hydroxylation is 1. The van der Waals surface area contributed by atoms with Crippen LogP contribution in [0.1, 0.15) is 62.6 Å². The summed E-state index contributed by atoms with van der Waals surface area (Å²) in [6.45, 7) is 4.00. The number of nitrogens with zero attached hydrogens (tertiary/aromatic N) is 3. The Balaban J connectivity index is 0.00000186. The summed E-state index contributed by atoms with van der Waals surface area (Å²) < 4.78 is 45.3. The van der Waals surface area contributed by atoms with Crippen LogP contribution in [0.3, 0.4) is 0 Å². The lowest BCUT2D eigenvalue weighted by atomic mass is 9.75. The average Bonchev–Trinajstić information content (AvgIpc) is 3.11. The summed E-state index contributed by atoms with van der Waals surface area (Å²) in [6.07, 6.45) is -1.27. The second-order valence-corrected chi connectivity index (χ2v) is 8.94. The summed E-state index contributed by atoms with van der Waals surface area (Å²) in [6, 6.07) is 12.2. The van der Waals surface area contributed by atoms with Gasteiger partial charge in [0, 0.05) is 12.1 Å². The normalized spacial score (nSPS) is 16.1. The van der Waals surface area contributed by atoms with Gasteiger partial charge in [-0.15, -0.1) is 0 Å². The van der Waals surface area contributed by atoms with E-state index >= 15 is 0 Å². The van der Waals surface area contributed by atoms with Gasteiger partial charge in [0.25, 0.3) is 5.91 Å². The number of halogens is 3. The third-order valence-corrected chi connectivity index (χ3v) is 6.91. The lowest BCUT2D eigenvalue weighted by Crippen LogP contribution is -2.55. The smallest absolute Gasteiger partial charge is 0.417 e. The summed E-state index contributed by atoms with van der Waals surface area (Å²) in [7, 11) is 1.35. The number of methoxy groups -OCH3 is 1. The fraction of sp³-hybridized carbons (Fsp3) is 0.407. The third kappa shape index (κ3) is 5.32. The van der Waals surface area contributed by atoms with Crippen molar-refractivity contribution in [1.29, 1.82) is 5.26 Å². The number of nitriles is 1. The van der Waals surface area contributed by atoms with Crippen LogP contribution in [0.15, 0.2) is 42.5 Å². The molecule has 196 valence electrons. The van der Waals surface area contributed by atoms with Crippen molar-refractivity contribution in [3.8, 4) is 6.07 Å². The van der Waals surface area contributed by atoms with E-state index in [9.17, 15) is 22.8 Å². The van der Waals surface area contributed by atoms with Gasteiger partial charge in [0.2, 0.25) is 0 Å². The topological polar surface area (TPSA) is 73.6 Å². The molecule has 2 fully saturated rings. The van der Waals surface area contributed by atoms with E-state index < -0.39 is 22.8 Å². The maximum Gasteiger partial charge on any atom is 0.417 e. The maximum atomic E-state index is 13.5. The first-order valence-electron chi connectivity index (χ1n) is 12.1. The highest BCUT2D eigenvalue weighted by atomic mass is 32.1. The Morgan fingerprint density at radius 1 is 1.14 bits per heavy atom. The number of amides is 1. The Bertz CT molecular complexity index is 1220. The molecule has 1 aliphatic carbocycles. The molecule has 0 N–H and O–H groups in total. The molecule has 1 aliphatic heterocycles. The highest BCUT2D eigenvalue weighted by Crippen LogP contribution is 2.48. The third-order valence-electron chi connectivity index (χ3n) is 6.55. The quantitative estimate of drug-likeness (QED) is 0.328. The number of rotatable bonds is 6. The SMILES string of the molecule is CC.COC(=O)CCCc1ccc(N2C(=S)N(c3ccc(C#N)c(C(F)(F)F)c3)C(=O)C23CCC3)cc1. The molecule has 1 saturated carbocycles. The highest BCUT2D eigenvalue weighted by molar-refractivity contribution is 7.81. The Morgan fingerprint density at radius 3 is 2.27 bits per heavy atom. The molecule has 0 aromatic heterocycles. The van der Waals surface area contributed by atoms with E-state index in [4.69, 9.17) is 17.5 Å². The van der Waals surface area contributed by atoms with E-state index in [1.165, 1.54) is 13.2 Å². The van der Waals surface area contributed by atoms with Gasteiger partial charge in [-0.2, -0.15) is 18.4 Å². The van der Waals surface area contributed by atoms with Crippen molar-refractivity contribution in [2.24, 2.45) is 0 Å². The number of hydrogen-bond donors (Lipinski definition) is 0. The van der Waals surface area contributed by atoms with E-state index in [2.05, 4.69) is 4.74 Å². The van der Waals surface area contributed by atoms with E-state index in [0.717, 1.165) is 29.0 Å². The van der Waals surface area contributed by atoms with Gasteiger partial charge in [-0.05, 0) is 80.2 Å². The Kier molecular flexibility index (Phi) is 8.59. The molecule has 2 aromatic carbocycles. The van der Waals surface area contributed by atoms with Crippen molar-refractivity contribution in [3.63, 3.8) is 0 Å². The number of thiocarbonyl (C=S) groups is 1. The van der Waals surface area contributed by atoms with E-state index in [1.807, 2.05) is 38.1 Å². The van der Waals surface area contributed by atoms with Crippen LogP contribution in [0.4, 0.5) is 24.5 Å². The predicted molar refractivity (Wildman–Crippen MR) is 138 cm³/mol. The number of benzene rings is 2. The molecule has 4 rings (SSSR count). The van der Waals surface area contributed by atoms with Gasteiger partial charge in [-0.3, -0.25) is 14.5 Å². The summed E-state index contributed by atoms with van der Waals surface area (Å²) in [5.41, 5.74) is -0.903. The maximum absolute atomic E-state index is 13.5. The first-order chi connectivity index (χ1) is 17.6. The molecule has 6 nitrogen and oxygen atoms in total. The van der Waals surface area contributed by atoms with E-state index in [0.29, 0.717) is 37.8 Å². The van der Waals surface area contributed by atoms with Crippen LogP contribution >= 0.6 is 12.2 Å². The second kappa shape index (κ2) is 11.3. The number of ether oxygens (including phenoxy) is 1. The van der Waals surface area contributed by atoms with Crippen LogP contribution < -0.4 is 9.80 Å². The molecule has 2 aliphatic rings. The zero-order valence-electron chi connectivity index (χ0n) is 20.9. The number of carbonyl (C=O) groups excluding carboxylic acids is 2. The molecule has 2 aromatic rings. The minimum atomic E-state index is -4.75. The van der Waals surface area contributed by atoms with Gasteiger partial charge in [0.15, 0.2) is 5.11 Å². The summed E-state index contributed by atoms with van der Waals surface area (Å²) in [5.74, 6) is -0.639. The largest absolute Gasteiger partial charge is 0.469 e. The van der Waals surface area contributed by atoms with Crippen LogP contribution in [-0.4, -0.2) is 29.6 Å². The first kappa shape index (κ1) is 28.1. The molecular formula is C27H28F3N3O3S. The van der Waals surface area contributed by atoms with Crippen LogP contribution in [0, 0.1) is 11.3 Å². The zero-order valence-corrected chi connectivity index (χ0v) is 21.7. The van der Waals surface area contributed by atoms with Crippen molar-refractivity contribution in [2.75, 3.05) is 16.9 Å². The van der Waals surface area contributed by atoms with Gasteiger partial charge in [-0.1, -0.05) is 26.0 Å². The molecule has 1 heterocycles. The number of anilines is 2. The fourth-order valence-electron chi connectivity index (χ4n) is 4.56. The van der Waals surface area contributed by atoms with Crippen LogP contribution in [0.25, 0.3) is 0 Å². The summed E-state index contributed by atoms with van der Waals surface area (Å²) >= 11 is 5.63. The van der Waals surface area contributed by atoms with Gasteiger partial charge in [0.05, 0.1) is 30.0 Å². The molecule has 0 bridgehead atoms. The molecule has 1 spiro atoms. The molecule has 0 unspecified atom stereocenters. The number of hydrogen-bond acceptors (Lipinski definition) is 5. The Morgan fingerprint density at radius 2 is 1.76 bits per heavy atom. The second-order valence-electron chi connectivity index (χ2n) is 8.58. The fourth-order valence-corrected chi connectivity index (χ4v) is 5.03. The minimum absolute atomic E-state index is 0.0143. The zero-order chi connectivity index (χ0) is 27.4. The standard InChI is InChI=1S/C25H22F3N3O3S.C2H6/c1-34-21(32)5-2-4-16-6-9-18(10-7-16)31-23(35)30(22(33)24(31)12-3-13-24)19-11-8-17(15-29)20(14-19)25(26,27)28;1-2/h6-11,14H,2-5,12-13H2,1H3;1-2H3. The van der Waals surface area contributed by atoms with Crippen molar-refractivity contribution >= 4 is 40.6 Å². The average molecular weight is 532 g/mol. The van der Waals surface area contributed by atoms with Gasteiger partial charge < -0.3 is 9.64 Å². The molecule has 10 heteroatoms. The van der Waals surface area contributed by atoms with E-state index in [-0.39, 0.29) is 22.7 Å². The van der Waals surface area contributed by atoms with Crippen molar-refractivity contribution in [2.45, 2.75) is 64.1 Å². The minimum Gasteiger partial charge on any atom is -0.469 e. The van der Waals surface area contributed by atoms with Crippen LogP contribution in [0.5, 0.6) is 0 Å². The number of carbonyl (C=O) groups is 2. The molecule has 37 heavy (non-hydrogen) atoms. The Hall–Kier alpha value is -3.45. The highest BCUT2D eigenvalue weighted by Gasteiger charge is 2.59. The Labute approximate surface area is 219 Å². The van der Waals surface area contributed by atoms with Crippen LogP contribution in [-0.2, 0) is 26.9 Å². The van der Waals surface area contributed by atoms with Crippen molar-refractivity contribution in [3.05, 3.63) is 59.2 Å². The van der Waals surface area contributed by atoms with Crippen molar-refractivity contribution < 1.29 is 27.5 Å². The summed E-state index contributed by atoms with van der Waals surface area (Å²) in [5, 5.41) is 9.19. The number of esters is 1. The van der Waals surface area contributed by atoms with Gasteiger partial charge in [-0.25, -0.2) is 0 Å². The first-order valence-corrected chi connectivity index (χ1v) is 12.5. The number of alkyl halides is 3. The molecule has 1 amide bonds. The lowest BCUT2D eigenvalue weighted by Gasteiger charge is -2.43.